The number of hydrogen-bond acceptors (Lipinski definition) is 4. The van der Waals surface area contributed by atoms with Crippen LogP contribution in [0.15, 0.2) is 42.5 Å². The number of amides is 3. The summed E-state index contributed by atoms with van der Waals surface area (Å²) in [5.74, 6) is -0.716. The molecule has 3 amide bonds. The Balaban J connectivity index is 1.77. The predicted octanol–water partition coefficient (Wildman–Crippen LogP) is 3.23. The lowest BCUT2D eigenvalue weighted by Crippen LogP contribution is -2.41. The van der Waals surface area contributed by atoms with Crippen LogP contribution in [0.5, 0.6) is 5.75 Å². The zero-order valence-corrected chi connectivity index (χ0v) is 16.4. The highest BCUT2D eigenvalue weighted by Gasteiger charge is 2.11. The average Bonchev–Trinajstić information content (AvgIpc) is 2.68. The minimum atomic E-state index is -0.479. The maximum atomic E-state index is 12.1. The zero-order chi connectivity index (χ0) is 20.5. The highest BCUT2D eigenvalue weighted by Crippen LogP contribution is 2.23. The molecule has 148 valence electrons. The van der Waals surface area contributed by atoms with E-state index >= 15 is 0 Å². The number of anilines is 1. The van der Waals surface area contributed by atoms with Gasteiger partial charge in [0.1, 0.15) is 5.75 Å². The standard InChI is InChI=1S/C20H22ClN3O4/c1-3-28-15-7-4-6-14(12-15)20(27)24-23-19(26)11-10-18(25)22-17-9-5-8-16(21)13(17)2/h4-9,12H,3,10-11H2,1-2H3,(H,22,25)(H,23,26)(H,24,27). The Hall–Kier alpha value is -3.06. The summed E-state index contributed by atoms with van der Waals surface area (Å²) in [6.45, 7) is 4.12. The quantitative estimate of drug-likeness (QED) is 0.618. The van der Waals surface area contributed by atoms with Crippen LogP contribution < -0.4 is 20.9 Å². The van der Waals surface area contributed by atoms with E-state index in [1.807, 2.05) is 6.92 Å². The maximum Gasteiger partial charge on any atom is 0.269 e. The van der Waals surface area contributed by atoms with Crippen molar-refractivity contribution in [2.75, 3.05) is 11.9 Å². The van der Waals surface area contributed by atoms with Gasteiger partial charge in [-0.25, -0.2) is 0 Å². The second-order valence-electron chi connectivity index (χ2n) is 5.92. The Bertz CT molecular complexity index is 870. The molecule has 0 aliphatic heterocycles. The molecule has 2 aromatic carbocycles. The molecule has 0 unspecified atom stereocenters. The van der Waals surface area contributed by atoms with Crippen molar-refractivity contribution in [1.82, 2.24) is 10.9 Å². The molecule has 0 heterocycles. The van der Waals surface area contributed by atoms with E-state index in [0.717, 1.165) is 5.56 Å². The van der Waals surface area contributed by atoms with Gasteiger partial charge in [0, 0.05) is 29.1 Å². The molecule has 0 aliphatic carbocycles. The van der Waals surface area contributed by atoms with Gasteiger partial charge >= 0.3 is 0 Å². The summed E-state index contributed by atoms with van der Waals surface area (Å²) in [5.41, 5.74) is 6.31. The van der Waals surface area contributed by atoms with Crippen LogP contribution >= 0.6 is 11.6 Å². The van der Waals surface area contributed by atoms with Gasteiger partial charge < -0.3 is 10.1 Å². The average molecular weight is 404 g/mol. The highest BCUT2D eigenvalue weighted by molar-refractivity contribution is 6.31. The number of halogens is 1. The Kier molecular flexibility index (Phi) is 7.83. The summed E-state index contributed by atoms with van der Waals surface area (Å²) >= 11 is 6.01. The largest absolute Gasteiger partial charge is 0.494 e. The minimum Gasteiger partial charge on any atom is -0.494 e. The molecule has 2 aromatic rings. The first-order valence-corrected chi connectivity index (χ1v) is 9.15. The van der Waals surface area contributed by atoms with Crippen LogP contribution in [0.2, 0.25) is 5.02 Å². The fourth-order valence-electron chi connectivity index (χ4n) is 2.34. The smallest absolute Gasteiger partial charge is 0.269 e. The highest BCUT2D eigenvalue weighted by atomic mass is 35.5. The lowest BCUT2D eigenvalue weighted by molar-refractivity contribution is -0.124. The fourth-order valence-corrected chi connectivity index (χ4v) is 2.51. The number of nitrogens with one attached hydrogen (secondary N) is 3. The summed E-state index contributed by atoms with van der Waals surface area (Å²) in [6.07, 6.45) is -0.113. The van der Waals surface area contributed by atoms with Crippen molar-refractivity contribution in [3.05, 3.63) is 58.6 Å². The molecule has 2 rings (SSSR count). The van der Waals surface area contributed by atoms with Gasteiger partial charge in [-0.1, -0.05) is 23.7 Å². The third-order valence-electron chi connectivity index (χ3n) is 3.84. The van der Waals surface area contributed by atoms with Gasteiger partial charge in [-0.05, 0) is 49.7 Å². The summed E-state index contributed by atoms with van der Waals surface area (Å²) in [4.78, 5) is 36.0. The summed E-state index contributed by atoms with van der Waals surface area (Å²) in [5, 5.41) is 3.26. The number of carbonyl (C=O) groups is 3. The lowest BCUT2D eigenvalue weighted by atomic mass is 10.2. The van der Waals surface area contributed by atoms with E-state index in [2.05, 4.69) is 16.2 Å². The number of benzene rings is 2. The minimum absolute atomic E-state index is 0.0342. The molecule has 0 saturated carbocycles. The van der Waals surface area contributed by atoms with Gasteiger partial charge in [0.15, 0.2) is 0 Å². The molecule has 7 nitrogen and oxygen atoms in total. The number of rotatable bonds is 7. The van der Waals surface area contributed by atoms with Crippen molar-refractivity contribution in [3.63, 3.8) is 0 Å². The van der Waals surface area contributed by atoms with Crippen LogP contribution in [0.1, 0.15) is 35.7 Å². The van der Waals surface area contributed by atoms with Crippen LogP contribution in [-0.2, 0) is 9.59 Å². The number of hydrogen-bond donors (Lipinski definition) is 3. The van der Waals surface area contributed by atoms with Gasteiger partial charge in [0.05, 0.1) is 6.61 Å². The van der Waals surface area contributed by atoms with Gasteiger partial charge in [-0.3, -0.25) is 25.2 Å². The van der Waals surface area contributed by atoms with Crippen molar-refractivity contribution in [1.29, 1.82) is 0 Å². The molecule has 0 saturated heterocycles. The van der Waals surface area contributed by atoms with Crippen molar-refractivity contribution in [3.8, 4) is 5.75 Å². The second kappa shape index (κ2) is 10.3. The second-order valence-corrected chi connectivity index (χ2v) is 6.33. The van der Waals surface area contributed by atoms with E-state index in [4.69, 9.17) is 16.3 Å². The van der Waals surface area contributed by atoms with Crippen LogP contribution in [0, 0.1) is 6.92 Å². The summed E-state index contributed by atoms with van der Waals surface area (Å²) in [7, 11) is 0. The SMILES string of the molecule is CCOc1cccc(C(=O)NNC(=O)CCC(=O)Nc2cccc(Cl)c2C)c1. The van der Waals surface area contributed by atoms with Gasteiger partial charge in [-0.15, -0.1) is 0 Å². The molecule has 0 aliphatic rings. The molecule has 0 aromatic heterocycles. The van der Waals surface area contributed by atoms with Crippen LogP contribution in [0.3, 0.4) is 0 Å². The topological polar surface area (TPSA) is 96.5 Å². The van der Waals surface area contributed by atoms with Gasteiger partial charge in [0.25, 0.3) is 5.91 Å². The molecule has 3 N–H and O–H groups in total. The van der Waals surface area contributed by atoms with Crippen molar-refractivity contribution < 1.29 is 19.1 Å². The van der Waals surface area contributed by atoms with E-state index < -0.39 is 11.8 Å². The molecule has 0 fully saturated rings. The first kappa shape index (κ1) is 21.2. The molecule has 8 heteroatoms. The monoisotopic (exact) mass is 403 g/mol. The molecular formula is C20H22ClN3O4. The van der Waals surface area contributed by atoms with Crippen LogP contribution in [0.4, 0.5) is 5.69 Å². The Morgan fingerprint density at radius 1 is 1.00 bits per heavy atom. The van der Waals surface area contributed by atoms with E-state index in [-0.39, 0.29) is 18.7 Å². The third kappa shape index (κ3) is 6.28. The van der Waals surface area contributed by atoms with E-state index in [1.54, 1.807) is 49.4 Å². The van der Waals surface area contributed by atoms with E-state index in [0.29, 0.717) is 28.6 Å². The lowest BCUT2D eigenvalue weighted by Gasteiger charge is -2.10. The van der Waals surface area contributed by atoms with Gasteiger partial charge in [0.2, 0.25) is 11.8 Å². The predicted molar refractivity (Wildman–Crippen MR) is 107 cm³/mol. The maximum absolute atomic E-state index is 12.1. The summed E-state index contributed by atoms with van der Waals surface area (Å²) < 4.78 is 5.33. The Labute approximate surface area is 168 Å². The molecule has 0 bridgehead atoms. The first-order valence-electron chi connectivity index (χ1n) is 8.77. The number of ether oxygens (including phenoxy) is 1. The molecule has 0 spiro atoms. The summed E-state index contributed by atoms with van der Waals surface area (Å²) in [6, 6.07) is 11.8. The van der Waals surface area contributed by atoms with Crippen molar-refractivity contribution >= 4 is 35.0 Å². The molecular weight excluding hydrogens is 382 g/mol. The normalized spacial score (nSPS) is 10.1. The van der Waals surface area contributed by atoms with Crippen LogP contribution in [0.25, 0.3) is 0 Å². The third-order valence-corrected chi connectivity index (χ3v) is 4.25. The van der Waals surface area contributed by atoms with E-state index in [1.165, 1.54) is 0 Å². The molecule has 0 radical (unpaired) electrons. The van der Waals surface area contributed by atoms with Crippen molar-refractivity contribution in [2.45, 2.75) is 26.7 Å². The Morgan fingerprint density at radius 2 is 1.71 bits per heavy atom. The van der Waals surface area contributed by atoms with Crippen LogP contribution in [-0.4, -0.2) is 24.3 Å². The van der Waals surface area contributed by atoms with Crippen molar-refractivity contribution in [2.24, 2.45) is 0 Å². The molecule has 0 atom stereocenters. The Morgan fingerprint density at radius 3 is 2.46 bits per heavy atom. The number of hydrazine groups is 1. The molecule has 28 heavy (non-hydrogen) atoms. The zero-order valence-electron chi connectivity index (χ0n) is 15.7. The fraction of sp³-hybridized carbons (Fsp3) is 0.250. The van der Waals surface area contributed by atoms with E-state index in [9.17, 15) is 14.4 Å². The number of carbonyl (C=O) groups excluding carboxylic acids is 3. The first-order chi connectivity index (χ1) is 13.4. The van der Waals surface area contributed by atoms with Gasteiger partial charge in [-0.2, -0.15) is 0 Å².